The zero-order valence-electron chi connectivity index (χ0n) is 19.2. The van der Waals surface area contributed by atoms with E-state index < -0.39 is 72.0 Å². The number of nitro groups is 1. The van der Waals surface area contributed by atoms with Gasteiger partial charge in [0.05, 0.1) is 4.92 Å². The number of carbonyl (C=O) groups is 5. The van der Waals surface area contributed by atoms with Crippen molar-refractivity contribution >= 4 is 35.5 Å². The van der Waals surface area contributed by atoms with E-state index in [0.29, 0.717) is 0 Å². The van der Waals surface area contributed by atoms with E-state index in [4.69, 9.17) is 23.7 Å². The molecule has 0 spiro atoms. The second-order valence-electron chi connectivity index (χ2n) is 7.41. The fourth-order valence-corrected chi connectivity index (χ4v) is 3.32. The lowest BCUT2D eigenvalue weighted by atomic mass is 9.95. The van der Waals surface area contributed by atoms with Crippen LogP contribution in [0.5, 0.6) is 0 Å². The number of ether oxygens (including phenoxy) is 5. The van der Waals surface area contributed by atoms with Crippen molar-refractivity contribution in [3.05, 3.63) is 39.9 Å². The maximum absolute atomic E-state index is 12.9. The number of benzene rings is 1. The molecule has 0 radical (unpaired) electrons. The van der Waals surface area contributed by atoms with Gasteiger partial charge in [-0.3, -0.25) is 34.1 Å². The molecule has 1 aromatic carbocycles. The van der Waals surface area contributed by atoms with Crippen LogP contribution in [-0.2, 0) is 42.9 Å². The molecule has 2 rings (SSSR count). The summed E-state index contributed by atoms with van der Waals surface area (Å²) in [6, 6.07) is 3.34. The molecule has 1 aliphatic rings. The van der Waals surface area contributed by atoms with Gasteiger partial charge in [0.2, 0.25) is 6.29 Å². The van der Waals surface area contributed by atoms with Crippen LogP contribution < -0.4 is 5.32 Å². The van der Waals surface area contributed by atoms with Gasteiger partial charge in [-0.2, -0.15) is 0 Å². The van der Waals surface area contributed by atoms with E-state index >= 15 is 0 Å². The number of esters is 4. The first-order valence-electron chi connectivity index (χ1n) is 10.2. The second-order valence-corrected chi connectivity index (χ2v) is 7.41. The van der Waals surface area contributed by atoms with Crippen molar-refractivity contribution in [1.29, 1.82) is 0 Å². The summed E-state index contributed by atoms with van der Waals surface area (Å²) < 4.78 is 26.3. The third-order valence-corrected chi connectivity index (χ3v) is 4.60. The summed E-state index contributed by atoms with van der Waals surface area (Å²) in [7, 11) is 0. The molecule has 1 amide bonds. The summed E-state index contributed by atoms with van der Waals surface area (Å²) in [6.07, 6.45) is -5.68. The Morgan fingerprint density at radius 1 is 0.943 bits per heavy atom. The number of hydrogen-bond acceptors (Lipinski definition) is 12. The summed E-state index contributed by atoms with van der Waals surface area (Å²) in [5, 5.41) is 13.5. The molecule has 1 aromatic rings. The summed E-state index contributed by atoms with van der Waals surface area (Å²) in [5.41, 5.74) is -0.488. The average Bonchev–Trinajstić information content (AvgIpc) is 2.75. The van der Waals surface area contributed by atoms with Crippen LogP contribution in [0.15, 0.2) is 24.3 Å². The molecular formula is C21H24N2O12. The van der Waals surface area contributed by atoms with Crippen LogP contribution in [0.25, 0.3) is 0 Å². The number of nitro benzene ring substituents is 1. The Morgan fingerprint density at radius 2 is 1.54 bits per heavy atom. The highest BCUT2D eigenvalue weighted by Crippen LogP contribution is 2.28. The minimum Gasteiger partial charge on any atom is -0.463 e. The Hall–Kier alpha value is -4.07. The molecule has 190 valence electrons. The molecule has 35 heavy (non-hydrogen) atoms. The largest absolute Gasteiger partial charge is 0.463 e. The number of rotatable bonds is 8. The predicted molar refractivity (Wildman–Crippen MR) is 113 cm³/mol. The van der Waals surface area contributed by atoms with Crippen LogP contribution in [0, 0.1) is 10.1 Å². The molecule has 14 nitrogen and oxygen atoms in total. The Balaban J connectivity index is 2.48. The number of hydrogen-bond donors (Lipinski definition) is 1. The summed E-state index contributed by atoms with van der Waals surface area (Å²) in [6.45, 7) is 3.85. The standard InChI is InChI=1S/C21H24N2O12/c1-10(24)31-9-16-18(32-11(2)25)19(33-12(3)26)17(21(35-16)34-13(4)27)22-20(28)14-6-5-7-15(8-14)23(29)30/h5-8,16-19,21H,9H2,1-4H3,(H,22,28)/t16-,17+,18-,19+,21-/m0/s1. The van der Waals surface area contributed by atoms with Crippen LogP contribution in [-0.4, -0.2) is 72.0 Å². The van der Waals surface area contributed by atoms with Gasteiger partial charge in [0.15, 0.2) is 12.2 Å². The number of amides is 1. The van der Waals surface area contributed by atoms with Crippen LogP contribution >= 0.6 is 0 Å². The topological polar surface area (TPSA) is 187 Å². The molecule has 1 aliphatic heterocycles. The van der Waals surface area contributed by atoms with Gasteiger partial charge in [0.25, 0.3) is 11.6 Å². The van der Waals surface area contributed by atoms with Gasteiger partial charge in [-0.05, 0) is 6.07 Å². The molecule has 0 unspecified atom stereocenters. The van der Waals surface area contributed by atoms with Crippen molar-refractivity contribution < 1.29 is 52.6 Å². The van der Waals surface area contributed by atoms with Crippen LogP contribution in [0.2, 0.25) is 0 Å². The van der Waals surface area contributed by atoms with Crippen molar-refractivity contribution in [2.24, 2.45) is 0 Å². The number of non-ortho nitro benzene ring substituents is 1. The van der Waals surface area contributed by atoms with E-state index in [0.717, 1.165) is 33.8 Å². The van der Waals surface area contributed by atoms with Gasteiger partial charge in [-0.15, -0.1) is 0 Å². The molecule has 0 saturated carbocycles. The molecule has 1 saturated heterocycles. The smallest absolute Gasteiger partial charge is 0.305 e. The first-order valence-corrected chi connectivity index (χ1v) is 10.2. The van der Waals surface area contributed by atoms with Gasteiger partial charge >= 0.3 is 23.9 Å². The Bertz CT molecular complexity index is 1010. The summed E-state index contributed by atoms with van der Waals surface area (Å²) >= 11 is 0. The zero-order chi connectivity index (χ0) is 26.3. The molecule has 0 bridgehead atoms. The van der Waals surface area contributed by atoms with E-state index in [1.807, 2.05) is 0 Å². The first kappa shape index (κ1) is 27.2. The van der Waals surface area contributed by atoms with Gasteiger partial charge in [0.1, 0.15) is 18.8 Å². The highest BCUT2D eigenvalue weighted by Gasteiger charge is 2.52. The van der Waals surface area contributed by atoms with Crippen LogP contribution in [0.1, 0.15) is 38.1 Å². The molecule has 1 heterocycles. The van der Waals surface area contributed by atoms with E-state index in [-0.39, 0.29) is 11.3 Å². The monoisotopic (exact) mass is 496 g/mol. The first-order chi connectivity index (χ1) is 16.4. The SMILES string of the molecule is CC(=O)OC[C@@H]1O[C@H](OC(C)=O)[C@H](NC(=O)c2cccc([N+](=O)[O-])c2)[C@@H](OC(C)=O)[C@H]1OC(C)=O. The van der Waals surface area contributed by atoms with Crippen molar-refractivity contribution in [3.8, 4) is 0 Å². The van der Waals surface area contributed by atoms with Crippen molar-refractivity contribution in [2.45, 2.75) is 58.3 Å². The van der Waals surface area contributed by atoms with Gasteiger partial charge in [0, 0.05) is 45.4 Å². The quantitative estimate of drug-likeness (QED) is 0.226. The van der Waals surface area contributed by atoms with Crippen molar-refractivity contribution in [3.63, 3.8) is 0 Å². The van der Waals surface area contributed by atoms with E-state index in [2.05, 4.69) is 5.32 Å². The lowest BCUT2D eigenvalue weighted by Crippen LogP contribution is -2.67. The average molecular weight is 496 g/mol. The second kappa shape index (κ2) is 11.9. The highest BCUT2D eigenvalue weighted by atomic mass is 16.7. The Kier molecular flexibility index (Phi) is 9.22. The molecule has 1 N–H and O–H groups in total. The fraction of sp³-hybridized carbons (Fsp3) is 0.476. The number of carbonyl (C=O) groups excluding carboxylic acids is 5. The molecule has 0 aliphatic carbocycles. The molecular weight excluding hydrogens is 472 g/mol. The van der Waals surface area contributed by atoms with Gasteiger partial charge in [-0.25, -0.2) is 0 Å². The Labute approximate surface area is 198 Å². The van der Waals surface area contributed by atoms with Crippen molar-refractivity contribution in [1.82, 2.24) is 5.32 Å². The summed E-state index contributed by atoms with van der Waals surface area (Å²) in [4.78, 5) is 70.0. The molecule has 1 fully saturated rings. The zero-order valence-corrected chi connectivity index (χ0v) is 19.2. The lowest BCUT2D eigenvalue weighted by molar-refractivity contribution is -0.384. The fourth-order valence-electron chi connectivity index (χ4n) is 3.32. The minimum absolute atomic E-state index is 0.131. The summed E-state index contributed by atoms with van der Waals surface area (Å²) in [5.74, 6) is -4.03. The number of nitrogens with zero attached hydrogens (tertiary/aromatic N) is 1. The lowest BCUT2D eigenvalue weighted by Gasteiger charge is -2.44. The third kappa shape index (κ3) is 7.74. The predicted octanol–water partition coefficient (Wildman–Crippen LogP) is 0.408. The maximum atomic E-state index is 12.9. The maximum Gasteiger partial charge on any atom is 0.305 e. The molecule has 0 aromatic heterocycles. The van der Waals surface area contributed by atoms with E-state index in [9.17, 15) is 34.1 Å². The minimum atomic E-state index is -1.58. The van der Waals surface area contributed by atoms with Gasteiger partial charge in [-0.1, -0.05) is 6.07 Å². The number of nitrogens with one attached hydrogen (secondary N) is 1. The molecule has 14 heteroatoms. The molecule has 5 atom stereocenters. The highest BCUT2D eigenvalue weighted by molar-refractivity contribution is 5.95. The van der Waals surface area contributed by atoms with E-state index in [1.165, 1.54) is 18.2 Å². The van der Waals surface area contributed by atoms with Crippen molar-refractivity contribution in [2.75, 3.05) is 6.61 Å². The normalized spacial score (nSPS) is 23.4. The van der Waals surface area contributed by atoms with E-state index in [1.54, 1.807) is 0 Å². The van der Waals surface area contributed by atoms with Crippen LogP contribution in [0.4, 0.5) is 5.69 Å². The Morgan fingerprint density at radius 3 is 2.09 bits per heavy atom. The van der Waals surface area contributed by atoms with Crippen LogP contribution in [0.3, 0.4) is 0 Å². The third-order valence-electron chi connectivity index (χ3n) is 4.60. The van der Waals surface area contributed by atoms with Gasteiger partial charge < -0.3 is 29.0 Å².